The Bertz CT molecular complexity index is 636. The van der Waals surface area contributed by atoms with Crippen LogP contribution in [0.4, 0.5) is 5.69 Å². The molecule has 0 bridgehead atoms. The largest absolute Gasteiger partial charge is 0.444 e. The number of oxazole rings is 1. The fourth-order valence-electron chi connectivity index (χ4n) is 2.04. The molecule has 0 unspecified atom stereocenters. The van der Waals surface area contributed by atoms with Crippen molar-refractivity contribution in [2.45, 2.75) is 33.7 Å². The topological polar surface area (TPSA) is 77.0 Å². The molecular formula is C14H18N4OS. The maximum Gasteiger partial charge on any atom is 0.213 e. The third-order valence-electron chi connectivity index (χ3n) is 2.95. The van der Waals surface area contributed by atoms with Crippen LogP contribution in [0.2, 0.25) is 0 Å². The second kappa shape index (κ2) is 6.00. The molecule has 0 aliphatic rings. The number of rotatable bonds is 5. The van der Waals surface area contributed by atoms with Crippen LogP contribution in [0.3, 0.4) is 0 Å². The van der Waals surface area contributed by atoms with Gasteiger partial charge in [0.15, 0.2) is 0 Å². The standard InChI is InChI=1S/C14H18N4OS/c1-4-10-6-17-12(19-10)7-16-11-5-8(2)18-9(3)13(11)14(15)20/h5-6H,4,7H2,1-3H3,(H2,15,20)(H,16,18). The number of aryl methyl sites for hydroxylation is 3. The Balaban J connectivity index is 2.22. The molecule has 0 radical (unpaired) electrons. The van der Waals surface area contributed by atoms with Crippen LogP contribution in [-0.4, -0.2) is 15.0 Å². The minimum Gasteiger partial charge on any atom is -0.444 e. The van der Waals surface area contributed by atoms with E-state index in [2.05, 4.69) is 15.3 Å². The Morgan fingerprint density at radius 1 is 1.45 bits per heavy atom. The van der Waals surface area contributed by atoms with Gasteiger partial charge in [-0.2, -0.15) is 0 Å². The number of thiocarbonyl (C=S) groups is 1. The highest BCUT2D eigenvalue weighted by Crippen LogP contribution is 2.20. The van der Waals surface area contributed by atoms with Gasteiger partial charge in [-0.15, -0.1) is 0 Å². The van der Waals surface area contributed by atoms with E-state index in [1.165, 1.54) is 0 Å². The molecule has 0 saturated heterocycles. The second-order valence-electron chi connectivity index (χ2n) is 4.56. The van der Waals surface area contributed by atoms with Crippen molar-refractivity contribution in [1.29, 1.82) is 0 Å². The van der Waals surface area contributed by atoms with Crippen molar-refractivity contribution in [2.75, 3.05) is 5.32 Å². The first-order valence-corrected chi connectivity index (χ1v) is 6.87. The summed E-state index contributed by atoms with van der Waals surface area (Å²) in [6.07, 6.45) is 2.58. The fourth-order valence-corrected chi connectivity index (χ4v) is 2.30. The summed E-state index contributed by atoms with van der Waals surface area (Å²) in [6.45, 7) is 6.34. The van der Waals surface area contributed by atoms with E-state index in [0.29, 0.717) is 17.4 Å². The zero-order valence-corrected chi connectivity index (χ0v) is 12.7. The van der Waals surface area contributed by atoms with Crippen molar-refractivity contribution in [2.24, 2.45) is 5.73 Å². The summed E-state index contributed by atoms with van der Waals surface area (Å²) in [5.74, 6) is 1.52. The van der Waals surface area contributed by atoms with Crippen LogP contribution < -0.4 is 11.1 Å². The zero-order valence-electron chi connectivity index (χ0n) is 11.9. The highest BCUT2D eigenvalue weighted by molar-refractivity contribution is 7.80. The van der Waals surface area contributed by atoms with Gasteiger partial charge in [-0.3, -0.25) is 4.98 Å². The van der Waals surface area contributed by atoms with Crippen LogP contribution in [0.25, 0.3) is 0 Å². The Morgan fingerprint density at radius 3 is 2.80 bits per heavy atom. The molecule has 0 spiro atoms. The lowest BCUT2D eigenvalue weighted by Crippen LogP contribution is -2.16. The maximum atomic E-state index is 5.77. The summed E-state index contributed by atoms with van der Waals surface area (Å²) >= 11 is 5.09. The van der Waals surface area contributed by atoms with Gasteiger partial charge in [-0.25, -0.2) is 4.98 Å². The van der Waals surface area contributed by atoms with Gasteiger partial charge < -0.3 is 15.5 Å². The molecule has 0 fully saturated rings. The molecule has 2 aromatic heterocycles. The lowest BCUT2D eigenvalue weighted by atomic mass is 10.1. The normalized spacial score (nSPS) is 10.6. The monoisotopic (exact) mass is 290 g/mol. The number of aromatic nitrogens is 2. The smallest absolute Gasteiger partial charge is 0.213 e. The van der Waals surface area contributed by atoms with Crippen LogP contribution in [0.5, 0.6) is 0 Å². The SMILES string of the molecule is CCc1cnc(CNc2cc(C)nc(C)c2C(N)=S)o1. The van der Waals surface area contributed by atoms with Gasteiger partial charge >= 0.3 is 0 Å². The summed E-state index contributed by atoms with van der Waals surface area (Å²) in [4.78, 5) is 8.93. The highest BCUT2D eigenvalue weighted by atomic mass is 32.1. The molecule has 0 aliphatic carbocycles. The minimum atomic E-state index is 0.333. The molecule has 0 saturated carbocycles. The molecule has 0 amide bonds. The predicted octanol–water partition coefficient (Wildman–Crippen LogP) is 2.50. The molecule has 5 nitrogen and oxygen atoms in total. The van der Waals surface area contributed by atoms with Crippen LogP contribution in [0.15, 0.2) is 16.7 Å². The number of nitrogens with two attached hydrogens (primary N) is 1. The number of anilines is 1. The van der Waals surface area contributed by atoms with E-state index < -0.39 is 0 Å². The number of hydrogen-bond donors (Lipinski definition) is 2. The van der Waals surface area contributed by atoms with Crippen molar-refractivity contribution in [3.63, 3.8) is 0 Å². The van der Waals surface area contributed by atoms with Crippen molar-refractivity contribution in [3.8, 4) is 0 Å². The molecule has 20 heavy (non-hydrogen) atoms. The lowest BCUT2D eigenvalue weighted by molar-refractivity contribution is 0.466. The van der Waals surface area contributed by atoms with Crippen LogP contribution in [0.1, 0.15) is 35.5 Å². The van der Waals surface area contributed by atoms with Crippen LogP contribution in [-0.2, 0) is 13.0 Å². The molecular weight excluding hydrogens is 272 g/mol. The van der Waals surface area contributed by atoms with Crippen LogP contribution >= 0.6 is 12.2 Å². The Hall–Kier alpha value is -1.95. The summed E-state index contributed by atoms with van der Waals surface area (Å²) < 4.78 is 5.56. The third-order valence-corrected chi connectivity index (χ3v) is 3.16. The average Bonchev–Trinajstić information content (AvgIpc) is 2.82. The second-order valence-corrected chi connectivity index (χ2v) is 5.00. The average molecular weight is 290 g/mol. The van der Waals surface area contributed by atoms with Crippen molar-refractivity contribution in [1.82, 2.24) is 9.97 Å². The first-order valence-electron chi connectivity index (χ1n) is 6.46. The Morgan fingerprint density at radius 2 is 2.20 bits per heavy atom. The van der Waals surface area contributed by atoms with E-state index in [1.54, 1.807) is 6.20 Å². The molecule has 0 aliphatic heterocycles. The molecule has 2 aromatic rings. The molecule has 106 valence electrons. The van der Waals surface area contributed by atoms with Gasteiger partial charge in [-0.05, 0) is 19.9 Å². The number of nitrogens with zero attached hydrogens (tertiary/aromatic N) is 2. The van der Waals surface area contributed by atoms with E-state index in [0.717, 1.165) is 34.8 Å². The first kappa shape index (κ1) is 14.5. The Labute approximate surface area is 123 Å². The number of pyridine rings is 1. The van der Waals surface area contributed by atoms with E-state index in [4.69, 9.17) is 22.4 Å². The molecule has 0 atom stereocenters. The zero-order chi connectivity index (χ0) is 14.7. The third kappa shape index (κ3) is 3.14. The molecule has 2 heterocycles. The summed E-state index contributed by atoms with van der Waals surface area (Å²) in [5.41, 5.74) is 9.13. The van der Waals surface area contributed by atoms with E-state index >= 15 is 0 Å². The van der Waals surface area contributed by atoms with Crippen molar-refractivity contribution in [3.05, 3.63) is 40.9 Å². The molecule has 0 aromatic carbocycles. The van der Waals surface area contributed by atoms with E-state index in [1.807, 2.05) is 26.8 Å². The molecule has 6 heteroatoms. The van der Waals surface area contributed by atoms with Crippen molar-refractivity contribution < 1.29 is 4.42 Å². The highest BCUT2D eigenvalue weighted by Gasteiger charge is 2.12. The summed E-state index contributed by atoms with van der Waals surface area (Å²) in [7, 11) is 0. The number of nitrogens with one attached hydrogen (secondary N) is 1. The van der Waals surface area contributed by atoms with Crippen LogP contribution in [0, 0.1) is 13.8 Å². The van der Waals surface area contributed by atoms with Gasteiger partial charge in [0.05, 0.1) is 18.3 Å². The van der Waals surface area contributed by atoms with Gasteiger partial charge in [0, 0.05) is 23.5 Å². The fraction of sp³-hybridized carbons (Fsp3) is 0.357. The predicted molar refractivity (Wildman–Crippen MR) is 82.8 cm³/mol. The number of hydrogen-bond acceptors (Lipinski definition) is 5. The first-order chi connectivity index (χ1) is 9.51. The molecule has 3 N–H and O–H groups in total. The Kier molecular flexibility index (Phi) is 4.34. The van der Waals surface area contributed by atoms with Gasteiger partial charge in [0.2, 0.25) is 5.89 Å². The van der Waals surface area contributed by atoms with Gasteiger partial charge in [0.1, 0.15) is 10.7 Å². The summed E-state index contributed by atoms with van der Waals surface area (Å²) in [5, 5.41) is 3.27. The van der Waals surface area contributed by atoms with Crippen molar-refractivity contribution >= 4 is 22.9 Å². The van der Waals surface area contributed by atoms with E-state index in [-0.39, 0.29) is 0 Å². The summed E-state index contributed by atoms with van der Waals surface area (Å²) in [6, 6.07) is 1.92. The minimum absolute atomic E-state index is 0.333. The lowest BCUT2D eigenvalue weighted by Gasteiger charge is -2.13. The van der Waals surface area contributed by atoms with Gasteiger partial charge in [0.25, 0.3) is 0 Å². The van der Waals surface area contributed by atoms with E-state index in [9.17, 15) is 0 Å². The quantitative estimate of drug-likeness (QED) is 0.824. The maximum absolute atomic E-state index is 5.77. The van der Waals surface area contributed by atoms with Gasteiger partial charge in [-0.1, -0.05) is 19.1 Å². The molecule has 2 rings (SSSR count).